The minimum atomic E-state index is -0.227. The van der Waals surface area contributed by atoms with Crippen LogP contribution in [0.1, 0.15) is 18.1 Å². The van der Waals surface area contributed by atoms with E-state index in [4.69, 9.17) is 9.47 Å². The lowest BCUT2D eigenvalue weighted by Crippen LogP contribution is -2.07. The van der Waals surface area contributed by atoms with Gasteiger partial charge in [-0.25, -0.2) is 4.98 Å². The number of fused-ring (bicyclic) bond motifs is 1. The van der Waals surface area contributed by atoms with Crippen LogP contribution in [0.25, 0.3) is 16.3 Å². The molecular weight excluding hydrogens is 348 g/mol. The summed E-state index contributed by atoms with van der Waals surface area (Å²) in [5, 5.41) is 3.41. The molecule has 1 aromatic heterocycles. The number of hydrogen-bond acceptors (Lipinski definition) is 5. The molecule has 0 spiro atoms. The lowest BCUT2D eigenvalue weighted by Gasteiger charge is -2.07. The zero-order valence-corrected chi connectivity index (χ0v) is 15.7. The molecule has 3 aromatic rings. The number of nitrogens with zero attached hydrogens (tertiary/aromatic N) is 1. The van der Waals surface area contributed by atoms with Gasteiger partial charge in [0.25, 0.3) is 0 Å². The highest BCUT2D eigenvalue weighted by atomic mass is 32.1. The summed E-state index contributed by atoms with van der Waals surface area (Å²) in [6.45, 7) is 2.11. The number of carbonyl (C=O) groups is 1. The van der Waals surface area contributed by atoms with Crippen LogP contribution in [-0.4, -0.2) is 25.1 Å². The van der Waals surface area contributed by atoms with Crippen LogP contribution in [-0.2, 0) is 11.2 Å². The van der Waals surface area contributed by atoms with Gasteiger partial charge in [0.2, 0.25) is 5.91 Å². The van der Waals surface area contributed by atoms with Crippen molar-refractivity contribution in [1.29, 1.82) is 0 Å². The van der Waals surface area contributed by atoms with Crippen molar-refractivity contribution in [2.75, 3.05) is 19.5 Å². The van der Waals surface area contributed by atoms with E-state index in [0.717, 1.165) is 22.2 Å². The van der Waals surface area contributed by atoms with Gasteiger partial charge in [-0.15, -0.1) is 0 Å². The summed E-state index contributed by atoms with van der Waals surface area (Å²) in [6.07, 6.45) is 4.17. The lowest BCUT2D eigenvalue weighted by molar-refractivity contribution is -0.111. The van der Waals surface area contributed by atoms with Crippen LogP contribution in [0.2, 0.25) is 0 Å². The van der Waals surface area contributed by atoms with E-state index in [1.807, 2.05) is 18.2 Å². The van der Waals surface area contributed by atoms with Gasteiger partial charge in [-0.3, -0.25) is 10.1 Å². The van der Waals surface area contributed by atoms with Crippen molar-refractivity contribution in [2.45, 2.75) is 13.3 Å². The maximum absolute atomic E-state index is 12.2. The quantitative estimate of drug-likeness (QED) is 0.650. The maximum atomic E-state index is 12.2. The van der Waals surface area contributed by atoms with Gasteiger partial charge in [0.05, 0.1) is 24.4 Å². The summed E-state index contributed by atoms with van der Waals surface area (Å²) in [4.78, 5) is 16.6. The van der Waals surface area contributed by atoms with Crippen molar-refractivity contribution in [3.05, 3.63) is 53.6 Å². The third-order valence-corrected chi connectivity index (χ3v) is 4.86. The molecule has 0 unspecified atom stereocenters. The molecule has 0 aliphatic carbocycles. The Balaban J connectivity index is 1.71. The van der Waals surface area contributed by atoms with E-state index >= 15 is 0 Å². The van der Waals surface area contributed by atoms with Gasteiger partial charge in [-0.2, -0.15) is 0 Å². The van der Waals surface area contributed by atoms with Crippen molar-refractivity contribution in [3.8, 4) is 11.5 Å². The molecule has 1 amide bonds. The fraction of sp³-hybridized carbons (Fsp3) is 0.200. The molecule has 26 heavy (non-hydrogen) atoms. The van der Waals surface area contributed by atoms with E-state index in [-0.39, 0.29) is 5.91 Å². The molecule has 0 atom stereocenters. The van der Waals surface area contributed by atoms with Crippen LogP contribution in [0.15, 0.2) is 42.5 Å². The van der Waals surface area contributed by atoms with E-state index in [1.54, 1.807) is 26.4 Å². The third kappa shape index (κ3) is 4.03. The average molecular weight is 368 g/mol. The SMILES string of the molecule is CCc1ccc2nc(NC(=O)/C=C/c3ccc(OC)c(OC)c3)sc2c1. The van der Waals surface area contributed by atoms with Gasteiger partial charge in [0, 0.05) is 6.08 Å². The number of aromatic nitrogens is 1. The van der Waals surface area contributed by atoms with Crippen LogP contribution >= 0.6 is 11.3 Å². The number of benzene rings is 2. The maximum Gasteiger partial charge on any atom is 0.250 e. The predicted molar refractivity (Wildman–Crippen MR) is 106 cm³/mol. The summed E-state index contributed by atoms with van der Waals surface area (Å²) in [5.74, 6) is 1.04. The van der Waals surface area contributed by atoms with E-state index in [9.17, 15) is 4.79 Å². The second-order valence-electron chi connectivity index (χ2n) is 5.61. The second kappa shape index (κ2) is 8.01. The Hall–Kier alpha value is -2.86. The highest BCUT2D eigenvalue weighted by molar-refractivity contribution is 7.22. The van der Waals surface area contributed by atoms with E-state index in [0.29, 0.717) is 16.6 Å². The fourth-order valence-corrected chi connectivity index (χ4v) is 3.45. The molecule has 1 N–H and O–H groups in total. The first-order chi connectivity index (χ1) is 12.6. The van der Waals surface area contributed by atoms with Crippen molar-refractivity contribution in [2.24, 2.45) is 0 Å². The van der Waals surface area contributed by atoms with Crippen molar-refractivity contribution >= 4 is 38.7 Å². The number of ether oxygens (including phenoxy) is 2. The molecule has 0 radical (unpaired) electrons. The van der Waals surface area contributed by atoms with Gasteiger partial charge in [0.15, 0.2) is 16.6 Å². The first-order valence-electron chi connectivity index (χ1n) is 8.23. The number of nitrogens with one attached hydrogen (secondary N) is 1. The minimum absolute atomic E-state index is 0.227. The average Bonchev–Trinajstić information content (AvgIpc) is 3.07. The number of methoxy groups -OCH3 is 2. The van der Waals surface area contributed by atoms with E-state index in [2.05, 4.69) is 29.4 Å². The molecule has 1 heterocycles. The molecule has 0 aliphatic heterocycles. The van der Waals surface area contributed by atoms with Crippen molar-refractivity contribution < 1.29 is 14.3 Å². The molecule has 2 aromatic carbocycles. The third-order valence-electron chi connectivity index (χ3n) is 3.93. The number of hydrogen-bond donors (Lipinski definition) is 1. The minimum Gasteiger partial charge on any atom is -0.493 e. The molecule has 0 aliphatic rings. The Morgan fingerprint density at radius 2 is 1.96 bits per heavy atom. The van der Waals surface area contributed by atoms with Crippen LogP contribution in [0.3, 0.4) is 0 Å². The van der Waals surface area contributed by atoms with Crippen LogP contribution in [0, 0.1) is 0 Å². The summed E-state index contributed by atoms with van der Waals surface area (Å²) in [5.41, 5.74) is 2.99. The molecule has 0 fully saturated rings. The summed E-state index contributed by atoms with van der Waals surface area (Å²) < 4.78 is 11.5. The van der Waals surface area contributed by atoms with Gasteiger partial charge in [0.1, 0.15) is 0 Å². The standard InChI is InChI=1S/C20H20N2O3S/c1-4-13-5-8-15-18(12-13)26-20(21-15)22-19(23)10-7-14-6-9-16(24-2)17(11-14)25-3/h5-12H,4H2,1-3H3,(H,21,22,23)/b10-7+. The van der Waals surface area contributed by atoms with Crippen molar-refractivity contribution in [1.82, 2.24) is 4.98 Å². The number of aryl methyl sites for hydroxylation is 1. The fourth-order valence-electron chi connectivity index (χ4n) is 2.52. The number of rotatable bonds is 6. The summed E-state index contributed by atoms with van der Waals surface area (Å²) in [7, 11) is 3.16. The Bertz CT molecular complexity index is 963. The monoisotopic (exact) mass is 368 g/mol. The molecule has 3 rings (SSSR count). The van der Waals surface area contributed by atoms with Gasteiger partial charge >= 0.3 is 0 Å². The van der Waals surface area contributed by atoms with Gasteiger partial charge < -0.3 is 9.47 Å². The van der Waals surface area contributed by atoms with Crippen LogP contribution in [0.4, 0.5) is 5.13 Å². The molecule has 134 valence electrons. The molecule has 5 nitrogen and oxygen atoms in total. The number of carbonyl (C=O) groups excluding carboxylic acids is 1. The lowest BCUT2D eigenvalue weighted by atomic mass is 10.2. The van der Waals surface area contributed by atoms with Crippen LogP contribution in [0.5, 0.6) is 11.5 Å². The zero-order valence-electron chi connectivity index (χ0n) is 14.9. The largest absolute Gasteiger partial charge is 0.493 e. The first kappa shape index (κ1) is 17.9. The topological polar surface area (TPSA) is 60.5 Å². The summed E-state index contributed by atoms with van der Waals surface area (Å²) in [6, 6.07) is 11.6. The normalized spacial score (nSPS) is 11.0. The molecule has 0 saturated heterocycles. The van der Waals surface area contributed by atoms with E-state index in [1.165, 1.54) is 23.0 Å². The number of anilines is 1. The highest BCUT2D eigenvalue weighted by Crippen LogP contribution is 2.28. The predicted octanol–water partition coefficient (Wildman–Crippen LogP) is 4.53. The number of amides is 1. The van der Waals surface area contributed by atoms with Crippen molar-refractivity contribution in [3.63, 3.8) is 0 Å². The Morgan fingerprint density at radius 1 is 1.15 bits per heavy atom. The Labute approximate surface area is 156 Å². The Kier molecular flexibility index (Phi) is 5.53. The molecule has 6 heteroatoms. The van der Waals surface area contributed by atoms with Crippen LogP contribution < -0.4 is 14.8 Å². The molecule has 0 saturated carbocycles. The first-order valence-corrected chi connectivity index (χ1v) is 9.05. The number of thiazole rings is 1. The smallest absolute Gasteiger partial charge is 0.250 e. The highest BCUT2D eigenvalue weighted by Gasteiger charge is 2.07. The Morgan fingerprint density at radius 3 is 2.69 bits per heavy atom. The van der Waals surface area contributed by atoms with Gasteiger partial charge in [-0.05, 0) is 47.9 Å². The zero-order chi connectivity index (χ0) is 18.5. The second-order valence-corrected chi connectivity index (χ2v) is 6.64. The molecule has 0 bridgehead atoms. The van der Waals surface area contributed by atoms with Gasteiger partial charge in [-0.1, -0.05) is 30.4 Å². The van der Waals surface area contributed by atoms with E-state index < -0.39 is 0 Å². The summed E-state index contributed by atoms with van der Waals surface area (Å²) >= 11 is 1.47. The molecular formula is C20H20N2O3S.